The highest BCUT2D eigenvalue weighted by atomic mass is 35.5. The van der Waals surface area contributed by atoms with Crippen molar-refractivity contribution >= 4 is 30.4 Å². The first-order valence-electron chi connectivity index (χ1n) is 17.7. The number of aromatic nitrogens is 2. The predicted octanol–water partition coefficient (Wildman–Crippen LogP) is 7.14. The minimum absolute atomic E-state index is 0.0260. The third-order valence-corrected chi connectivity index (χ3v) is 12.3. The van der Waals surface area contributed by atoms with Crippen molar-refractivity contribution in [2.75, 3.05) is 12.4 Å². The van der Waals surface area contributed by atoms with Gasteiger partial charge in [0, 0.05) is 12.5 Å². The van der Waals surface area contributed by atoms with E-state index in [1.165, 1.54) is 16.7 Å². The average Bonchev–Trinajstić information content (AvgIpc) is 3.67. The van der Waals surface area contributed by atoms with Crippen LogP contribution in [0.5, 0.6) is 5.75 Å². The summed E-state index contributed by atoms with van der Waals surface area (Å²) in [5.74, 6) is 0.0490. The maximum atomic E-state index is 14.4. The second-order valence-electron chi connectivity index (χ2n) is 15.3. The Hall–Kier alpha value is -3.81. The molecule has 276 valence electrons. The molecule has 3 unspecified atom stereocenters. The van der Waals surface area contributed by atoms with E-state index in [4.69, 9.17) is 25.6 Å². The summed E-state index contributed by atoms with van der Waals surface area (Å²) in [6.45, 7) is 10.5. The number of nitrogens with one attached hydrogen (secondary N) is 2. The van der Waals surface area contributed by atoms with E-state index in [0.29, 0.717) is 41.7 Å². The molecule has 14 heteroatoms. The molecule has 7 atom stereocenters. The molecule has 3 aliphatic carbocycles. The van der Waals surface area contributed by atoms with Crippen LogP contribution in [-0.2, 0) is 33.2 Å². The number of carbonyl (C=O) groups is 1. The molecule has 0 radical (unpaired) electrons. The number of ether oxygens (including phenoxy) is 1. The van der Waals surface area contributed by atoms with E-state index in [1.54, 1.807) is 13.2 Å². The zero-order valence-electron chi connectivity index (χ0n) is 29.6. The number of carbonyl (C=O) groups excluding carboxylic acids is 1. The van der Waals surface area contributed by atoms with Crippen molar-refractivity contribution in [3.05, 3.63) is 99.1 Å². The lowest BCUT2D eigenvalue weighted by Crippen LogP contribution is -2.65. The fourth-order valence-electron chi connectivity index (χ4n) is 9.10. The van der Waals surface area contributed by atoms with Gasteiger partial charge in [-0.1, -0.05) is 55.8 Å². The molecule has 3 aromatic rings. The fourth-order valence-corrected chi connectivity index (χ4v) is 9.43. The van der Waals surface area contributed by atoms with Crippen molar-refractivity contribution in [2.45, 2.75) is 95.2 Å². The molecule has 1 saturated heterocycles. The Labute approximate surface area is 306 Å². The third kappa shape index (κ3) is 6.42. The SMILES string of the molecule is C=CC[C@H](NC(=O)[C@@H]1C[C@@H](Cc2cccc(OC)c2)c2c(Cl)nc(NCc3cccc(C(F)(F)F)c3)c(=O)n21)B1OC2CC3CC(C3(C)C)[C@@]2(C)O1. The Morgan fingerprint density at radius 3 is 2.63 bits per heavy atom. The van der Waals surface area contributed by atoms with Crippen molar-refractivity contribution in [3.63, 3.8) is 0 Å². The van der Waals surface area contributed by atoms with Gasteiger partial charge in [-0.05, 0) is 91.7 Å². The summed E-state index contributed by atoms with van der Waals surface area (Å²) in [5, 5.41) is 6.03. The van der Waals surface area contributed by atoms with Gasteiger partial charge < -0.3 is 24.7 Å². The van der Waals surface area contributed by atoms with Crippen molar-refractivity contribution in [3.8, 4) is 5.75 Å². The van der Waals surface area contributed by atoms with E-state index in [9.17, 15) is 22.8 Å². The Balaban J connectivity index is 1.18. The lowest BCUT2D eigenvalue weighted by molar-refractivity contribution is -0.199. The van der Waals surface area contributed by atoms with Crippen LogP contribution >= 0.6 is 11.6 Å². The van der Waals surface area contributed by atoms with Crippen LogP contribution in [0.1, 0.15) is 80.8 Å². The third-order valence-electron chi connectivity index (χ3n) is 12.0. The van der Waals surface area contributed by atoms with Gasteiger partial charge in [-0.3, -0.25) is 14.2 Å². The van der Waals surface area contributed by atoms with Gasteiger partial charge in [0.25, 0.3) is 5.56 Å². The molecule has 2 bridgehead atoms. The molecule has 5 aliphatic rings. The van der Waals surface area contributed by atoms with Gasteiger partial charge >= 0.3 is 13.3 Å². The molecule has 9 nitrogen and oxygen atoms in total. The molecule has 0 spiro atoms. The second kappa shape index (κ2) is 13.6. The maximum absolute atomic E-state index is 14.4. The van der Waals surface area contributed by atoms with E-state index < -0.39 is 47.9 Å². The van der Waals surface area contributed by atoms with E-state index in [2.05, 4.69) is 43.0 Å². The fraction of sp³-hybridized carbons (Fsp3) is 0.500. The summed E-state index contributed by atoms with van der Waals surface area (Å²) in [7, 11) is 0.873. The zero-order valence-corrected chi connectivity index (χ0v) is 30.4. The predicted molar refractivity (Wildman–Crippen MR) is 192 cm³/mol. The Kier molecular flexibility index (Phi) is 9.53. The largest absolute Gasteiger partial charge is 0.497 e. The Bertz CT molecular complexity index is 1940. The van der Waals surface area contributed by atoms with Gasteiger partial charge in [0.15, 0.2) is 11.0 Å². The summed E-state index contributed by atoms with van der Waals surface area (Å²) in [6, 6.07) is 11.4. The second-order valence-corrected chi connectivity index (χ2v) is 15.7. The first-order chi connectivity index (χ1) is 24.6. The number of methoxy groups -OCH3 is 1. The number of anilines is 1. The molecule has 4 fully saturated rings. The molecule has 3 saturated carbocycles. The molecule has 1 aromatic heterocycles. The Morgan fingerprint density at radius 1 is 1.17 bits per heavy atom. The number of fused-ring (bicyclic) bond motifs is 1. The first kappa shape index (κ1) is 36.5. The molecule has 2 N–H and O–H groups in total. The number of benzene rings is 2. The van der Waals surface area contributed by atoms with E-state index in [1.807, 2.05) is 24.3 Å². The number of alkyl halides is 3. The van der Waals surface area contributed by atoms with Crippen LogP contribution in [0.25, 0.3) is 0 Å². The zero-order chi connectivity index (χ0) is 37.2. The van der Waals surface area contributed by atoms with E-state index in [-0.39, 0.29) is 41.4 Å². The molecule has 8 rings (SSSR count). The van der Waals surface area contributed by atoms with Gasteiger partial charge in [-0.15, -0.1) is 6.58 Å². The molecule has 3 heterocycles. The molecular weight excluding hydrogens is 696 g/mol. The monoisotopic (exact) mass is 738 g/mol. The van der Waals surface area contributed by atoms with Gasteiger partial charge in [-0.2, -0.15) is 13.2 Å². The topological polar surface area (TPSA) is 104 Å². The van der Waals surface area contributed by atoms with Gasteiger partial charge in [0.1, 0.15) is 11.8 Å². The number of nitrogens with zero attached hydrogens (tertiary/aromatic N) is 2. The molecule has 52 heavy (non-hydrogen) atoms. The highest BCUT2D eigenvalue weighted by Gasteiger charge is 2.68. The number of rotatable bonds is 11. The Morgan fingerprint density at radius 2 is 1.92 bits per heavy atom. The van der Waals surface area contributed by atoms with Crippen LogP contribution < -0.4 is 20.9 Å². The quantitative estimate of drug-likeness (QED) is 0.159. The number of amides is 1. The summed E-state index contributed by atoms with van der Waals surface area (Å²) >= 11 is 6.82. The van der Waals surface area contributed by atoms with Crippen molar-refractivity contribution in [1.29, 1.82) is 0 Å². The summed E-state index contributed by atoms with van der Waals surface area (Å²) < 4.78 is 60.1. The standard InChI is InChI=1S/C38H43BClF3N4O5/c1-6-9-30(39-51-29-19-25-18-28(36(25,2)3)37(29,4)52-39)45-34(48)27-17-23(14-21-10-8-13-26(16-21)50-5)31-32(40)46-33(35(49)47(27)31)44-20-22-11-7-12-24(15-22)38(41,42)43/h6-8,10-13,15-16,23,25,27-30H,1,9,14,17-20H2,2-5H3,(H,44,46)(H,45,48)/t23-,25?,27+,28?,29?,30+,37-/m1/s1. The lowest BCUT2D eigenvalue weighted by Gasteiger charge is -2.64. The van der Waals surface area contributed by atoms with E-state index in [0.717, 1.165) is 30.5 Å². The molecular formula is C38H43BClF3N4O5. The van der Waals surface area contributed by atoms with Crippen molar-refractivity contribution < 1.29 is 32.0 Å². The molecule has 2 aliphatic heterocycles. The number of hydrogen-bond acceptors (Lipinski definition) is 7. The molecule has 2 aromatic carbocycles. The minimum Gasteiger partial charge on any atom is -0.497 e. The number of halogens is 4. The van der Waals surface area contributed by atoms with Gasteiger partial charge in [0.05, 0.1) is 36.0 Å². The number of hydrogen-bond donors (Lipinski definition) is 2. The van der Waals surface area contributed by atoms with Crippen molar-refractivity contribution in [2.24, 2.45) is 17.3 Å². The highest BCUT2D eigenvalue weighted by molar-refractivity contribution is 6.48. The lowest BCUT2D eigenvalue weighted by atomic mass is 9.43. The maximum Gasteiger partial charge on any atom is 0.482 e. The first-order valence-corrected chi connectivity index (χ1v) is 18.1. The minimum atomic E-state index is -4.52. The normalized spacial score (nSPS) is 27.6. The summed E-state index contributed by atoms with van der Waals surface area (Å²) in [5.41, 5.74) is -0.122. The van der Waals surface area contributed by atoms with Crippen LogP contribution in [0.15, 0.2) is 66.0 Å². The van der Waals surface area contributed by atoms with Gasteiger partial charge in [0.2, 0.25) is 5.91 Å². The van der Waals surface area contributed by atoms with Crippen LogP contribution in [0.4, 0.5) is 19.0 Å². The summed E-state index contributed by atoms with van der Waals surface area (Å²) in [4.78, 5) is 32.9. The van der Waals surface area contributed by atoms with Crippen LogP contribution in [0.2, 0.25) is 5.15 Å². The van der Waals surface area contributed by atoms with Crippen LogP contribution in [-0.4, -0.2) is 47.3 Å². The van der Waals surface area contributed by atoms with Crippen molar-refractivity contribution in [1.82, 2.24) is 14.9 Å². The highest BCUT2D eigenvalue weighted by Crippen LogP contribution is 2.65. The smallest absolute Gasteiger partial charge is 0.482 e. The van der Waals surface area contributed by atoms with Gasteiger partial charge in [-0.25, -0.2) is 4.98 Å². The average molecular weight is 739 g/mol. The van der Waals surface area contributed by atoms with Crippen LogP contribution in [0.3, 0.4) is 0 Å². The van der Waals surface area contributed by atoms with E-state index >= 15 is 0 Å². The van der Waals surface area contributed by atoms with Crippen LogP contribution in [0, 0.1) is 17.3 Å². The summed E-state index contributed by atoms with van der Waals surface area (Å²) in [6.07, 6.45) is 0.157. The molecule has 1 amide bonds.